The van der Waals surface area contributed by atoms with Gasteiger partial charge in [-0.05, 0) is 48.2 Å². The van der Waals surface area contributed by atoms with Gasteiger partial charge < -0.3 is 9.47 Å². The van der Waals surface area contributed by atoms with Crippen LogP contribution in [0.1, 0.15) is 12.5 Å². The van der Waals surface area contributed by atoms with Crippen molar-refractivity contribution in [2.24, 2.45) is 5.10 Å². The molecule has 0 aromatic heterocycles. The molecule has 0 aliphatic carbocycles. The number of rotatable bonds is 7. The third-order valence-electron chi connectivity index (χ3n) is 3.70. The molecule has 0 unspecified atom stereocenters. The third-order valence-corrected chi connectivity index (χ3v) is 3.70. The number of benzene rings is 3. The molecule has 0 saturated heterocycles. The molecule has 132 valence electrons. The number of ether oxygens (including phenoxy) is 2. The lowest BCUT2D eigenvalue weighted by molar-refractivity contribution is -0.123. The normalized spacial score (nSPS) is 10.8. The zero-order chi connectivity index (χ0) is 18.2. The largest absolute Gasteiger partial charge is 0.494 e. The smallest absolute Gasteiger partial charge is 0.277 e. The van der Waals surface area contributed by atoms with E-state index >= 15 is 0 Å². The molecule has 0 radical (unpaired) electrons. The van der Waals surface area contributed by atoms with Gasteiger partial charge in [-0.15, -0.1) is 0 Å². The summed E-state index contributed by atoms with van der Waals surface area (Å²) in [5, 5.41) is 5.99. The minimum Gasteiger partial charge on any atom is -0.494 e. The summed E-state index contributed by atoms with van der Waals surface area (Å²) in [6.45, 7) is 2.46. The van der Waals surface area contributed by atoms with Crippen molar-refractivity contribution in [2.45, 2.75) is 6.92 Å². The number of hydrogen-bond donors (Lipinski definition) is 1. The molecule has 0 saturated carbocycles. The summed E-state index contributed by atoms with van der Waals surface area (Å²) in [5.41, 5.74) is 3.33. The number of amides is 1. The molecule has 0 fully saturated rings. The first-order chi connectivity index (χ1) is 12.8. The SMILES string of the molecule is CCOc1ccc(C=NNC(=O)COc2cccc3ccccc23)cc1. The number of hydrogen-bond acceptors (Lipinski definition) is 4. The number of carbonyl (C=O) groups excluding carboxylic acids is 1. The Morgan fingerprint density at radius 3 is 2.58 bits per heavy atom. The van der Waals surface area contributed by atoms with E-state index in [0.717, 1.165) is 22.1 Å². The molecule has 3 rings (SSSR count). The summed E-state index contributed by atoms with van der Waals surface area (Å²) in [6.07, 6.45) is 1.57. The Labute approximate surface area is 152 Å². The highest BCUT2D eigenvalue weighted by Gasteiger charge is 2.04. The van der Waals surface area contributed by atoms with E-state index in [9.17, 15) is 4.79 Å². The average Bonchev–Trinajstić information content (AvgIpc) is 2.68. The first-order valence-corrected chi connectivity index (χ1v) is 8.41. The van der Waals surface area contributed by atoms with E-state index in [1.165, 1.54) is 0 Å². The number of fused-ring (bicyclic) bond motifs is 1. The molecule has 1 amide bonds. The molecule has 5 heteroatoms. The fourth-order valence-corrected chi connectivity index (χ4v) is 2.49. The highest BCUT2D eigenvalue weighted by atomic mass is 16.5. The summed E-state index contributed by atoms with van der Waals surface area (Å²) >= 11 is 0. The first kappa shape index (κ1) is 17.5. The second-order valence-electron chi connectivity index (χ2n) is 5.56. The van der Waals surface area contributed by atoms with Gasteiger partial charge in [0.2, 0.25) is 0 Å². The van der Waals surface area contributed by atoms with Gasteiger partial charge in [0, 0.05) is 5.39 Å². The van der Waals surface area contributed by atoms with Gasteiger partial charge in [0.15, 0.2) is 6.61 Å². The third kappa shape index (κ3) is 4.60. The van der Waals surface area contributed by atoms with E-state index in [1.807, 2.05) is 73.7 Å². The fourth-order valence-electron chi connectivity index (χ4n) is 2.49. The van der Waals surface area contributed by atoms with Crippen LogP contribution in [0, 0.1) is 0 Å². The van der Waals surface area contributed by atoms with Crippen LogP contribution < -0.4 is 14.9 Å². The zero-order valence-electron chi connectivity index (χ0n) is 14.5. The molecule has 3 aromatic rings. The second kappa shape index (κ2) is 8.67. The maximum absolute atomic E-state index is 11.9. The van der Waals surface area contributed by atoms with Crippen molar-refractivity contribution in [1.29, 1.82) is 0 Å². The predicted octanol–water partition coefficient (Wildman–Crippen LogP) is 3.77. The van der Waals surface area contributed by atoms with E-state index in [-0.39, 0.29) is 12.5 Å². The summed E-state index contributed by atoms with van der Waals surface area (Å²) < 4.78 is 11.0. The van der Waals surface area contributed by atoms with Gasteiger partial charge in [-0.1, -0.05) is 36.4 Å². The molecule has 0 spiro atoms. The minimum atomic E-state index is -0.319. The summed E-state index contributed by atoms with van der Waals surface area (Å²) in [4.78, 5) is 11.9. The van der Waals surface area contributed by atoms with Gasteiger partial charge in [0.05, 0.1) is 12.8 Å². The highest BCUT2D eigenvalue weighted by molar-refractivity contribution is 5.89. The first-order valence-electron chi connectivity index (χ1n) is 8.41. The zero-order valence-corrected chi connectivity index (χ0v) is 14.5. The Kier molecular flexibility index (Phi) is 5.83. The monoisotopic (exact) mass is 348 g/mol. The van der Waals surface area contributed by atoms with Crippen molar-refractivity contribution in [3.63, 3.8) is 0 Å². The van der Waals surface area contributed by atoms with Gasteiger partial charge in [-0.3, -0.25) is 4.79 Å². The minimum absolute atomic E-state index is 0.103. The van der Waals surface area contributed by atoms with Crippen LogP contribution in [0.2, 0.25) is 0 Å². The maximum Gasteiger partial charge on any atom is 0.277 e. The Hall–Kier alpha value is -3.34. The Balaban J connectivity index is 1.52. The van der Waals surface area contributed by atoms with E-state index in [4.69, 9.17) is 9.47 Å². The molecular formula is C21H20N2O3. The van der Waals surface area contributed by atoms with Crippen LogP contribution in [0.15, 0.2) is 71.8 Å². The second-order valence-corrected chi connectivity index (χ2v) is 5.56. The summed E-state index contributed by atoms with van der Waals surface area (Å²) in [6, 6.07) is 21.1. The molecular weight excluding hydrogens is 328 g/mol. The van der Waals surface area contributed by atoms with Crippen LogP contribution in [0.25, 0.3) is 10.8 Å². The molecule has 0 aliphatic rings. The number of nitrogens with one attached hydrogen (secondary N) is 1. The van der Waals surface area contributed by atoms with E-state index < -0.39 is 0 Å². The predicted molar refractivity (Wildman–Crippen MR) is 103 cm³/mol. The molecule has 1 N–H and O–H groups in total. The quantitative estimate of drug-likeness (QED) is 0.522. The van der Waals surface area contributed by atoms with Crippen molar-refractivity contribution in [2.75, 3.05) is 13.2 Å². The van der Waals surface area contributed by atoms with Gasteiger partial charge in [0.25, 0.3) is 5.91 Å². The maximum atomic E-state index is 11.9. The van der Waals surface area contributed by atoms with Gasteiger partial charge in [0.1, 0.15) is 11.5 Å². The van der Waals surface area contributed by atoms with E-state index in [0.29, 0.717) is 12.4 Å². The van der Waals surface area contributed by atoms with Crippen LogP contribution in [-0.2, 0) is 4.79 Å². The lowest BCUT2D eigenvalue weighted by Crippen LogP contribution is -2.24. The topological polar surface area (TPSA) is 59.9 Å². The highest BCUT2D eigenvalue weighted by Crippen LogP contribution is 2.24. The molecule has 26 heavy (non-hydrogen) atoms. The molecule has 0 bridgehead atoms. The van der Waals surface area contributed by atoms with Crippen LogP contribution in [0.4, 0.5) is 0 Å². The van der Waals surface area contributed by atoms with Crippen LogP contribution in [0.3, 0.4) is 0 Å². The van der Waals surface area contributed by atoms with Gasteiger partial charge >= 0.3 is 0 Å². The van der Waals surface area contributed by atoms with Crippen LogP contribution in [-0.4, -0.2) is 25.3 Å². The Bertz CT molecular complexity index is 899. The molecule has 0 aliphatic heterocycles. The Morgan fingerprint density at radius 1 is 1.00 bits per heavy atom. The van der Waals surface area contributed by atoms with Crippen molar-refractivity contribution >= 4 is 22.9 Å². The average molecular weight is 348 g/mol. The van der Waals surface area contributed by atoms with Gasteiger partial charge in [-0.25, -0.2) is 5.43 Å². The van der Waals surface area contributed by atoms with Crippen molar-refractivity contribution in [3.8, 4) is 11.5 Å². The van der Waals surface area contributed by atoms with Gasteiger partial charge in [-0.2, -0.15) is 5.10 Å². The number of nitrogens with zero attached hydrogens (tertiary/aromatic N) is 1. The summed E-state index contributed by atoms with van der Waals surface area (Å²) in [5.74, 6) is 1.16. The molecule has 5 nitrogen and oxygen atoms in total. The van der Waals surface area contributed by atoms with Crippen LogP contribution >= 0.6 is 0 Å². The molecule has 3 aromatic carbocycles. The number of hydrazone groups is 1. The van der Waals surface area contributed by atoms with Crippen molar-refractivity contribution in [3.05, 3.63) is 72.3 Å². The van der Waals surface area contributed by atoms with Crippen molar-refractivity contribution in [1.82, 2.24) is 5.43 Å². The fraction of sp³-hybridized carbons (Fsp3) is 0.143. The summed E-state index contributed by atoms with van der Waals surface area (Å²) in [7, 11) is 0. The molecule has 0 atom stereocenters. The van der Waals surface area contributed by atoms with Crippen LogP contribution in [0.5, 0.6) is 11.5 Å². The van der Waals surface area contributed by atoms with E-state index in [1.54, 1.807) is 6.21 Å². The molecule has 0 heterocycles. The Morgan fingerprint density at radius 2 is 1.77 bits per heavy atom. The lowest BCUT2D eigenvalue weighted by atomic mass is 10.1. The number of carbonyl (C=O) groups is 1. The van der Waals surface area contributed by atoms with E-state index in [2.05, 4.69) is 10.5 Å². The van der Waals surface area contributed by atoms with Crippen molar-refractivity contribution < 1.29 is 14.3 Å². The standard InChI is InChI=1S/C21H20N2O3/c1-2-25-18-12-10-16(11-13-18)14-22-23-21(24)15-26-20-9-5-7-17-6-3-4-8-19(17)20/h3-14H,2,15H2,1H3,(H,23,24). The lowest BCUT2D eigenvalue weighted by Gasteiger charge is -2.08.